The summed E-state index contributed by atoms with van der Waals surface area (Å²) in [6.45, 7) is 28.1. The Kier molecular flexibility index (Phi) is 55.6. The van der Waals surface area contributed by atoms with E-state index in [0.717, 1.165) is 75.6 Å². The Hall–Kier alpha value is -3.55. The Bertz CT molecular complexity index is 2220. The van der Waals surface area contributed by atoms with Crippen LogP contribution < -0.4 is 42.7 Å². The summed E-state index contributed by atoms with van der Waals surface area (Å²) >= 11 is 20.0. The van der Waals surface area contributed by atoms with Gasteiger partial charge in [-0.2, -0.15) is 0 Å². The van der Waals surface area contributed by atoms with Gasteiger partial charge in [-0.05, 0) is 153 Å². The second-order valence-electron chi connectivity index (χ2n) is 14.7. The van der Waals surface area contributed by atoms with Gasteiger partial charge in [0.1, 0.15) is 0 Å². The molecule has 2 radical (unpaired) electrons. The maximum Gasteiger partial charge on any atom is 2.00 e. The molecule has 0 amide bonds. The van der Waals surface area contributed by atoms with E-state index in [1.54, 1.807) is 0 Å². The Balaban J connectivity index is -0.000000184. The van der Waals surface area contributed by atoms with Gasteiger partial charge in [-0.3, -0.25) is 37.4 Å². The van der Waals surface area contributed by atoms with Crippen molar-refractivity contribution in [2.24, 2.45) is 0 Å². The molecule has 0 bridgehead atoms. The molecular formula is C48H84Co2N8O12S4. The Morgan fingerprint density at radius 2 is 0.459 bits per heavy atom. The summed E-state index contributed by atoms with van der Waals surface area (Å²) in [6.07, 6.45) is 8.15. The van der Waals surface area contributed by atoms with Crippen molar-refractivity contribution in [3.05, 3.63) is 84.8 Å². The average molecular weight is 1210 g/mol. The predicted molar refractivity (Wildman–Crippen MR) is 289 cm³/mol. The first kappa shape index (κ1) is 81.8. The van der Waals surface area contributed by atoms with Gasteiger partial charge in [-0.1, -0.05) is 53.4 Å². The normalized spacial score (nSPS) is 9.51. The van der Waals surface area contributed by atoms with Gasteiger partial charge >= 0.3 is 33.6 Å². The van der Waals surface area contributed by atoms with E-state index in [2.05, 4.69) is 27.7 Å². The van der Waals surface area contributed by atoms with Crippen LogP contribution in [-0.4, -0.2) is 83.4 Å². The molecule has 4 heterocycles. The molecule has 4 aromatic heterocycles. The summed E-state index contributed by atoms with van der Waals surface area (Å²) < 4.78 is 12.5. The number of aromatic nitrogens is 8. The number of aliphatic hydroxyl groups excluding tert-OH is 4. The van der Waals surface area contributed by atoms with E-state index >= 15 is 0 Å². The van der Waals surface area contributed by atoms with Crippen LogP contribution in [0.3, 0.4) is 0 Å². The van der Waals surface area contributed by atoms with Crippen LogP contribution in [-0.2, 0) is 85.9 Å². The van der Waals surface area contributed by atoms with E-state index in [9.17, 15) is 39.6 Å². The zero-order valence-electron chi connectivity index (χ0n) is 45.4. The molecule has 0 saturated carbocycles. The number of nitrogens with zero attached hydrogens (tertiary/aromatic N) is 8. The second-order valence-corrected chi connectivity index (χ2v) is 16.1. The van der Waals surface area contributed by atoms with Gasteiger partial charge in [0.05, 0.1) is 0 Å². The van der Waals surface area contributed by atoms with Crippen LogP contribution in [0, 0.1) is 19.1 Å². The van der Waals surface area contributed by atoms with Crippen molar-refractivity contribution in [1.29, 1.82) is 0 Å². The van der Waals surface area contributed by atoms with E-state index in [1.165, 1.54) is 36.5 Å². The van der Waals surface area contributed by atoms with Crippen molar-refractivity contribution in [1.82, 2.24) is 36.5 Å². The van der Waals surface area contributed by atoms with E-state index in [1.807, 2.05) is 55.4 Å². The minimum Gasteiger partial charge on any atom is -0.860 e. The topological polar surface area (TPSA) is 281 Å². The van der Waals surface area contributed by atoms with Gasteiger partial charge < -0.3 is 59.1 Å². The quantitative estimate of drug-likeness (QED) is 0.106. The van der Waals surface area contributed by atoms with Gasteiger partial charge in [0.2, 0.25) is 0 Å². The third-order valence-corrected chi connectivity index (χ3v) is 11.3. The third-order valence-electron chi connectivity index (χ3n) is 9.54. The fraction of sp³-hybridized carbons (Fsp3) is 0.667. The monoisotopic (exact) mass is 1210 g/mol. The molecule has 4 N–H and O–H groups in total. The standard InChI is InChI=1S/4C8H12N2O2S.4C4H10O.2Co/c4*1-3-9-6(11)5-7(12)10(4-2)8(9)13;4*1-2-3-4-5;;/h4*5,11H,3-4H2,1-2H3;4*5H,2-4H2,1H3;;/q;;;;;;;;2*+2/p-4. The van der Waals surface area contributed by atoms with Crippen LogP contribution >= 0.6 is 48.9 Å². The molecule has 0 saturated heterocycles. The Morgan fingerprint density at radius 1 is 0.324 bits per heavy atom. The van der Waals surface area contributed by atoms with Crippen LogP contribution in [0.5, 0.6) is 23.5 Å². The molecule has 0 aliphatic rings. The van der Waals surface area contributed by atoms with Gasteiger partial charge in [-0.25, -0.2) is 0 Å². The fourth-order valence-corrected chi connectivity index (χ4v) is 7.10. The molecule has 26 heteroatoms. The van der Waals surface area contributed by atoms with E-state index in [-0.39, 0.29) is 79.3 Å². The third kappa shape index (κ3) is 30.9. The molecule has 4 rings (SSSR count). The van der Waals surface area contributed by atoms with Gasteiger partial charge in [0.15, 0.2) is 19.1 Å². The molecule has 0 aliphatic carbocycles. The maximum atomic E-state index is 11.2. The smallest absolute Gasteiger partial charge is 0.860 e. The summed E-state index contributed by atoms with van der Waals surface area (Å²) in [4.78, 5) is 45.0. The van der Waals surface area contributed by atoms with Crippen LogP contribution in [0.1, 0.15) is 134 Å². The first-order chi connectivity index (χ1) is 34.1. The molecule has 4 aromatic rings. The van der Waals surface area contributed by atoms with Gasteiger partial charge in [-0.15, -0.1) is 0 Å². The van der Waals surface area contributed by atoms with Gasteiger partial charge in [0.25, 0.3) is 22.2 Å². The first-order valence-electron chi connectivity index (χ1n) is 24.6. The molecular weight excluding hydrogens is 1130 g/mol. The predicted octanol–water partition coefficient (Wildman–Crippen LogP) is 5.08. The number of hydrogen-bond acceptors (Lipinski definition) is 16. The summed E-state index contributed by atoms with van der Waals surface area (Å²) in [7, 11) is 0. The SMILES string of the molecule is CCCCO.CCCCO.CCCCO.CCCCO.CCn1c([O-])cc(=O)n(CC)c1=S.CCn1c([O-])cc(=O)n(CC)c1=S.CCn1c([O-])cc(=O)n(CC)c1=S.CCn1c([O-])cc(=O)n(CC)c1=S.[Co+2].[Co+2]. The molecule has 430 valence electrons. The molecule has 0 aliphatic heterocycles. The van der Waals surface area contributed by atoms with Crippen LogP contribution in [0.4, 0.5) is 0 Å². The molecule has 0 aromatic carbocycles. The van der Waals surface area contributed by atoms with E-state index in [0.29, 0.717) is 97.9 Å². The second kappa shape index (κ2) is 50.3. The maximum absolute atomic E-state index is 11.2. The largest absolute Gasteiger partial charge is 2.00 e. The summed E-state index contributed by atoms with van der Waals surface area (Å²) in [6, 6.07) is 4.29. The Labute approximate surface area is 478 Å². The minimum atomic E-state index is -0.317. The Morgan fingerprint density at radius 3 is 0.541 bits per heavy atom. The van der Waals surface area contributed by atoms with Crippen molar-refractivity contribution in [2.75, 3.05) is 26.4 Å². The van der Waals surface area contributed by atoms with Crippen molar-refractivity contribution in [3.8, 4) is 23.5 Å². The fourth-order valence-electron chi connectivity index (χ4n) is 5.34. The molecule has 0 unspecified atom stereocenters. The number of aliphatic hydroxyl groups is 4. The van der Waals surface area contributed by atoms with Crippen LogP contribution in [0.2, 0.25) is 0 Å². The van der Waals surface area contributed by atoms with Crippen molar-refractivity contribution < 1.29 is 74.4 Å². The molecule has 74 heavy (non-hydrogen) atoms. The summed E-state index contributed by atoms with van der Waals surface area (Å²) in [5.41, 5.74) is -1.27. The number of hydrogen-bond donors (Lipinski definition) is 4. The first-order valence-corrected chi connectivity index (χ1v) is 26.2. The van der Waals surface area contributed by atoms with E-state index < -0.39 is 0 Å². The average Bonchev–Trinajstić information content (AvgIpc) is 3.32. The summed E-state index contributed by atoms with van der Waals surface area (Å²) in [5, 5.41) is 77.2. The van der Waals surface area contributed by atoms with Gasteiger partial charge in [0, 0.05) is 103 Å². The minimum absolute atomic E-state index is 0. The molecule has 0 fully saturated rings. The van der Waals surface area contributed by atoms with Crippen LogP contribution in [0.15, 0.2) is 43.4 Å². The van der Waals surface area contributed by atoms with Crippen molar-refractivity contribution in [2.45, 2.75) is 187 Å². The zero-order valence-corrected chi connectivity index (χ0v) is 50.7. The van der Waals surface area contributed by atoms with Crippen molar-refractivity contribution >= 4 is 48.9 Å². The zero-order chi connectivity index (χ0) is 56.5. The molecule has 0 spiro atoms. The van der Waals surface area contributed by atoms with Crippen molar-refractivity contribution in [3.63, 3.8) is 0 Å². The van der Waals surface area contributed by atoms with E-state index in [4.69, 9.17) is 69.3 Å². The molecule has 0 atom stereocenters. The molecule has 20 nitrogen and oxygen atoms in total. The summed E-state index contributed by atoms with van der Waals surface area (Å²) in [5.74, 6) is -1.27. The number of rotatable bonds is 16. The number of unbranched alkanes of at least 4 members (excludes halogenated alkanes) is 4. The van der Waals surface area contributed by atoms with Crippen LogP contribution in [0.25, 0.3) is 0 Å².